The molecule has 0 bridgehead atoms. The summed E-state index contributed by atoms with van der Waals surface area (Å²) in [5.41, 5.74) is 1.14. The molecular weight excluding hydrogens is 503 g/mol. The van der Waals surface area contributed by atoms with Gasteiger partial charge in [-0.05, 0) is 71.5 Å². The lowest BCUT2D eigenvalue weighted by molar-refractivity contribution is -0.137. The summed E-state index contributed by atoms with van der Waals surface area (Å²) in [5.74, 6) is -1.10. The predicted octanol–water partition coefficient (Wildman–Crippen LogP) is 6.79. The molecule has 0 amide bonds. The van der Waals surface area contributed by atoms with Crippen LogP contribution in [0.4, 0.5) is 13.2 Å². The van der Waals surface area contributed by atoms with E-state index in [1.54, 1.807) is 31.2 Å². The number of aromatic nitrogens is 1. The van der Waals surface area contributed by atoms with Gasteiger partial charge in [-0.3, -0.25) is 0 Å². The van der Waals surface area contributed by atoms with Gasteiger partial charge in [0.2, 0.25) is 0 Å². The average Bonchev–Trinajstić information content (AvgIpc) is 3.10. The summed E-state index contributed by atoms with van der Waals surface area (Å²) >= 11 is 0. The van der Waals surface area contributed by atoms with Gasteiger partial charge in [0.05, 0.1) is 21.5 Å². The lowest BCUT2D eigenvalue weighted by atomic mass is 9.87. The molecule has 0 aliphatic rings. The van der Waals surface area contributed by atoms with E-state index in [1.807, 2.05) is 26.8 Å². The van der Waals surface area contributed by atoms with Crippen molar-refractivity contribution in [3.63, 3.8) is 0 Å². The number of carboxylic acid groups (broad SMARTS) is 1. The standard InChI is InChI=1S/C28H26F3NO4S/c1-17-23-16-21(28(29,30)31)12-13-24(23)32(25(17)14-18-8-10-19(11-9-18)26(33)34)37(35,36)22-7-5-6-20(15-22)27(2,3)4/h5-13,15-16H,14H2,1-4H3,(H,33,34). The topological polar surface area (TPSA) is 76.4 Å². The van der Waals surface area contributed by atoms with Crippen LogP contribution in [0.25, 0.3) is 10.9 Å². The molecule has 0 atom stereocenters. The highest BCUT2D eigenvalue weighted by atomic mass is 32.2. The smallest absolute Gasteiger partial charge is 0.416 e. The van der Waals surface area contributed by atoms with Gasteiger partial charge >= 0.3 is 12.1 Å². The SMILES string of the molecule is Cc1c(Cc2ccc(C(=O)O)cc2)n(S(=O)(=O)c2cccc(C(C)(C)C)c2)c2ccc(C(F)(F)F)cc12. The van der Waals surface area contributed by atoms with Gasteiger partial charge < -0.3 is 5.11 Å². The third-order valence-electron chi connectivity index (χ3n) is 6.44. The van der Waals surface area contributed by atoms with Crippen molar-refractivity contribution in [2.24, 2.45) is 0 Å². The molecule has 1 heterocycles. The number of aryl methyl sites for hydroxylation is 1. The second-order valence-electron chi connectivity index (χ2n) is 10.0. The lowest BCUT2D eigenvalue weighted by Crippen LogP contribution is -2.18. The number of hydrogen-bond acceptors (Lipinski definition) is 3. The maximum atomic E-state index is 14.0. The van der Waals surface area contributed by atoms with Crippen molar-refractivity contribution in [1.82, 2.24) is 3.97 Å². The Hall–Kier alpha value is -3.59. The van der Waals surface area contributed by atoms with Crippen LogP contribution in [0.1, 0.15) is 59.1 Å². The molecule has 0 saturated heterocycles. The zero-order valence-electron chi connectivity index (χ0n) is 20.7. The Morgan fingerprint density at radius 1 is 0.919 bits per heavy atom. The Balaban J connectivity index is 1.97. The molecule has 194 valence electrons. The molecular formula is C28H26F3NO4S. The average molecular weight is 530 g/mol. The number of carbonyl (C=O) groups is 1. The number of rotatable bonds is 5. The van der Waals surface area contributed by atoms with Crippen molar-refractivity contribution >= 4 is 26.9 Å². The van der Waals surface area contributed by atoms with Crippen molar-refractivity contribution < 1.29 is 31.5 Å². The third kappa shape index (κ3) is 5.00. The van der Waals surface area contributed by atoms with Crippen LogP contribution in [0, 0.1) is 6.92 Å². The fraction of sp³-hybridized carbons (Fsp3) is 0.250. The van der Waals surface area contributed by atoms with Crippen LogP contribution in [0.2, 0.25) is 0 Å². The molecule has 4 rings (SSSR count). The molecule has 0 saturated carbocycles. The Morgan fingerprint density at radius 2 is 1.57 bits per heavy atom. The first-order valence-electron chi connectivity index (χ1n) is 11.5. The zero-order chi connectivity index (χ0) is 27.3. The molecule has 0 radical (unpaired) electrons. The number of hydrogen-bond donors (Lipinski definition) is 1. The summed E-state index contributed by atoms with van der Waals surface area (Å²) in [6.07, 6.45) is -4.52. The van der Waals surface area contributed by atoms with E-state index in [1.165, 1.54) is 24.3 Å². The first-order chi connectivity index (χ1) is 17.1. The second-order valence-corrected chi connectivity index (χ2v) is 11.8. The Kier molecular flexibility index (Phi) is 6.48. The van der Waals surface area contributed by atoms with Crippen LogP contribution in [0.15, 0.2) is 71.6 Å². The largest absolute Gasteiger partial charge is 0.478 e. The number of carboxylic acids is 1. The van der Waals surface area contributed by atoms with E-state index in [4.69, 9.17) is 0 Å². The van der Waals surface area contributed by atoms with E-state index in [9.17, 15) is 31.5 Å². The highest BCUT2D eigenvalue weighted by molar-refractivity contribution is 7.90. The Bertz CT molecular complexity index is 1610. The number of halogens is 3. The summed E-state index contributed by atoms with van der Waals surface area (Å²) < 4.78 is 69.7. The minimum Gasteiger partial charge on any atom is -0.478 e. The van der Waals surface area contributed by atoms with E-state index in [0.29, 0.717) is 16.8 Å². The van der Waals surface area contributed by atoms with Gasteiger partial charge in [0.1, 0.15) is 0 Å². The van der Waals surface area contributed by atoms with E-state index in [-0.39, 0.29) is 33.2 Å². The van der Waals surface area contributed by atoms with Crippen molar-refractivity contribution in [3.05, 3.63) is 100 Å². The second kappa shape index (κ2) is 9.06. The fourth-order valence-corrected chi connectivity index (χ4v) is 5.96. The fourth-order valence-electron chi connectivity index (χ4n) is 4.31. The lowest BCUT2D eigenvalue weighted by Gasteiger charge is -2.20. The van der Waals surface area contributed by atoms with Crippen LogP contribution in [0.5, 0.6) is 0 Å². The van der Waals surface area contributed by atoms with Gasteiger partial charge in [-0.25, -0.2) is 17.2 Å². The first kappa shape index (κ1) is 26.5. The summed E-state index contributed by atoms with van der Waals surface area (Å²) in [4.78, 5) is 11.2. The Morgan fingerprint density at radius 3 is 2.14 bits per heavy atom. The van der Waals surface area contributed by atoms with Gasteiger partial charge in [0, 0.05) is 17.5 Å². The first-order valence-corrected chi connectivity index (χ1v) is 12.9. The number of aromatic carboxylic acids is 1. The van der Waals surface area contributed by atoms with Gasteiger partial charge in [-0.1, -0.05) is 45.0 Å². The van der Waals surface area contributed by atoms with Crippen LogP contribution >= 0.6 is 0 Å². The molecule has 5 nitrogen and oxygen atoms in total. The molecule has 9 heteroatoms. The Labute approximate surface area is 213 Å². The molecule has 0 spiro atoms. The molecule has 4 aromatic rings. The summed E-state index contributed by atoms with van der Waals surface area (Å²) in [6, 6.07) is 15.5. The summed E-state index contributed by atoms with van der Waals surface area (Å²) in [6.45, 7) is 7.47. The van der Waals surface area contributed by atoms with E-state index < -0.39 is 27.7 Å². The molecule has 1 aromatic heterocycles. The normalized spacial score (nSPS) is 12.7. The van der Waals surface area contributed by atoms with Crippen molar-refractivity contribution in [3.8, 4) is 0 Å². The minimum atomic E-state index is -4.59. The van der Waals surface area contributed by atoms with E-state index in [0.717, 1.165) is 21.7 Å². The molecule has 0 fully saturated rings. The van der Waals surface area contributed by atoms with Crippen molar-refractivity contribution in [2.45, 2.75) is 50.6 Å². The maximum absolute atomic E-state index is 14.0. The molecule has 0 aliphatic heterocycles. The van der Waals surface area contributed by atoms with E-state index >= 15 is 0 Å². The highest BCUT2D eigenvalue weighted by Gasteiger charge is 2.33. The van der Waals surface area contributed by atoms with Gasteiger partial charge in [0.25, 0.3) is 10.0 Å². The third-order valence-corrected chi connectivity index (χ3v) is 8.18. The monoisotopic (exact) mass is 529 g/mol. The number of alkyl halides is 3. The quantitative estimate of drug-likeness (QED) is 0.309. The zero-order valence-corrected chi connectivity index (χ0v) is 21.5. The van der Waals surface area contributed by atoms with Gasteiger partial charge in [-0.15, -0.1) is 0 Å². The van der Waals surface area contributed by atoms with Crippen molar-refractivity contribution in [1.29, 1.82) is 0 Å². The summed E-state index contributed by atoms with van der Waals surface area (Å²) in [7, 11) is -4.21. The summed E-state index contributed by atoms with van der Waals surface area (Å²) in [5, 5.41) is 9.36. The number of nitrogens with zero attached hydrogens (tertiary/aromatic N) is 1. The maximum Gasteiger partial charge on any atom is 0.416 e. The highest BCUT2D eigenvalue weighted by Crippen LogP contribution is 2.37. The van der Waals surface area contributed by atoms with E-state index in [2.05, 4.69) is 0 Å². The predicted molar refractivity (Wildman–Crippen MR) is 136 cm³/mol. The van der Waals surface area contributed by atoms with Crippen LogP contribution in [-0.4, -0.2) is 23.5 Å². The molecule has 1 N–H and O–H groups in total. The van der Waals surface area contributed by atoms with Crippen LogP contribution in [0.3, 0.4) is 0 Å². The van der Waals surface area contributed by atoms with Gasteiger partial charge in [0.15, 0.2) is 0 Å². The molecule has 0 aliphatic carbocycles. The minimum absolute atomic E-state index is 0.0270. The molecule has 0 unspecified atom stereocenters. The number of fused-ring (bicyclic) bond motifs is 1. The van der Waals surface area contributed by atoms with Crippen LogP contribution in [-0.2, 0) is 28.0 Å². The van der Waals surface area contributed by atoms with Gasteiger partial charge in [-0.2, -0.15) is 13.2 Å². The number of benzene rings is 3. The molecule has 3 aromatic carbocycles. The van der Waals surface area contributed by atoms with Crippen molar-refractivity contribution in [2.75, 3.05) is 0 Å². The molecule has 37 heavy (non-hydrogen) atoms. The van der Waals surface area contributed by atoms with Crippen LogP contribution < -0.4 is 0 Å².